The molecule has 59 heavy (non-hydrogen) atoms. The molecule has 3 N–H and O–H groups in total. The summed E-state index contributed by atoms with van der Waals surface area (Å²) in [5, 5.41) is 10.4. The van der Waals surface area contributed by atoms with Crippen LogP contribution in [0.2, 0.25) is 0 Å². The van der Waals surface area contributed by atoms with Crippen LogP contribution in [0, 0.1) is 0 Å². The van der Waals surface area contributed by atoms with Gasteiger partial charge in [-0.25, -0.2) is 0 Å². The molecule has 0 aliphatic carbocycles. The zero-order valence-corrected chi connectivity index (χ0v) is 40.8. The number of nitrogens with zero attached hydrogens (tertiary/aromatic N) is 2. The largest absolute Gasteiger partial charge is 0.466 e. The standard InChI is InChI=1S/C53H109N3O3/c1-4-7-10-13-16-19-22-25-28-31-34-37-42-49-59-53(58)43-48-55(44-38-35-32-29-26-23-20-17-14-11-8-5-2)45-40-41-47-56(51-52(57)50-54)46-39-36-33-30-27-24-21-18-15-12-9-6-3/h52,57H,4-51,54H2,1-3H3. The third kappa shape index (κ3) is 46.6. The summed E-state index contributed by atoms with van der Waals surface area (Å²) in [6.45, 7) is 13.5. The molecular weight excluding hydrogens is 727 g/mol. The topological polar surface area (TPSA) is 79.0 Å². The summed E-state index contributed by atoms with van der Waals surface area (Å²) in [7, 11) is 0. The molecule has 0 rings (SSSR count). The average molecular weight is 836 g/mol. The first-order chi connectivity index (χ1) is 29.1. The number of carbonyl (C=O) groups excluding carboxylic acids is 1. The summed E-state index contributed by atoms with van der Waals surface area (Å²) in [4.78, 5) is 17.7. The Bertz CT molecular complexity index is 798. The van der Waals surface area contributed by atoms with Crippen LogP contribution >= 0.6 is 0 Å². The summed E-state index contributed by atoms with van der Waals surface area (Å²) in [6.07, 6.45) is 52.4. The lowest BCUT2D eigenvalue weighted by Crippen LogP contribution is -2.38. The minimum Gasteiger partial charge on any atom is -0.466 e. The van der Waals surface area contributed by atoms with Crippen LogP contribution in [0.1, 0.15) is 278 Å². The van der Waals surface area contributed by atoms with E-state index < -0.39 is 6.10 Å². The molecule has 0 fully saturated rings. The van der Waals surface area contributed by atoms with E-state index in [1.165, 1.54) is 231 Å². The first-order valence-electron chi connectivity index (χ1n) is 27.1. The van der Waals surface area contributed by atoms with Gasteiger partial charge in [0.05, 0.1) is 19.1 Å². The monoisotopic (exact) mass is 836 g/mol. The van der Waals surface area contributed by atoms with E-state index in [4.69, 9.17) is 10.5 Å². The van der Waals surface area contributed by atoms with Gasteiger partial charge in [-0.2, -0.15) is 0 Å². The molecule has 0 aromatic carbocycles. The van der Waals surface area contributed by atoms with Crippen LogP contribution in [0.15, 0.2) is 0 Å². The maximum Gasteiger partial charge on any atom is 0.307 e. The number of aliphatic hydroxyl groups excluding tert-OH is 1. The average Bonchev–Trinajstić information content (AvgIpc) is 3.24. The molecule has 0 saturated carbocycles. The molecule has 0 aromatic heterocycles. The van der Waals surface area contributed by atoms with Crippen LogP contribution in [0.3, 0.4) is 0 Å². The Labute approximate surface area is 371 Å². The number of ether oxygens (including phenoxy) is 1. The summed E-state index contributed by atoms with van der Waals surface area (Å²) in [5.74, 6) is -0.0204. The van der Waals surface area contributed by atoms with Gasteiger partial charge in [-0.15, -0.1) is 0 Å². The van der Waals surface area contributed by atoms with Crippen LogP contribution in [0.25, 0.3) is 0 Å². The molecule has 1 atom stereocenters. The van der Waals surface area contributed by atoms with Crippen molar-refractivity contribution in [3.05, 3.63) is 0 Å². The van der Waals surface area contributed by atoms with Crippen molar-refractivity contribution in [3.8, 4) is 0 Å². The maximum atomic E-state index is 12.8. The molecule has 1 unspecified atom stereocenters. The van der Waals surface area contributed by atoms with Gasteiger partial charge >= 0.3 is 5.97 Å². The van der Waals surface area contributed by atoms with Gasteiger partial charge in [0.2, 0.25) is 0 Å². The molecule has 0 aliphatic heterocycles. The van der Waals surface area contributed by atoms with Crippen molar-refractivity contribution in [3.63, 3.8) is 0 Å². The number of hydrogen-bond donors (Lipinski definition) is 2. The van der Waals surface area contributed by atoms with Crippen molar-refractivity contribution in [1.82, 2.24) is 9.80 Å². The highest BCUT2D eigenvalue weighted by Crippen LogP contribution is 2.16. The van der Waals surface area contributed by atoms with Crippen molar-refractivity contribution >= 4 is 5.97 Å². The van der Waals surface area contributed by atoms with Gasteiger partial charge in [0.15, 0.2) is 0 Å². The predicted octanol–water partition coefficient (Wildman–Crippen LogP) is 15.1. The summed E-state index contributed by atoms with van der Waals surface area (Å²) in [5.41, 5.74) is 5.83. The lowest BCUT2D eigenvalue weighted by atomic mass is 10.0. The van der Waals surface area contributed by atoms with Crippen molar-refractivity contribution < 1.29 is 14.6 Å². The second-order valence-electron chi connectivity index (χ2n) is 18.7. The highest BCUT2D eigenvalue weighted by atomic mass is 16.5. The predicted molar refractivity (Wildman–Crippen MR) is 261 cm³/mol. The first-order valence-corrected chi connectivity index (χ1v) is 27.1. The van der Waals surface area contributed by atoms with Gasteiger partial charge in [-0.05, 0) is 58.3 Å². The SMILES string of the molecule is CCCCCCCCCCCCCCCOC(=O)CCN(CCCCCCCCCCCCCC)CCCCN(CCCCCCCCCCCCCC)CC(O)CN. The number of aliphatic hydroxyl groups is 1. The molecule has 6 nitrogen and oxygen atoms in total. The molecule has 6 heteroatoms. The molecular formula is C53H109N3O3. The second-order valence-corrected chi connectivity index (χ2v) is 18.7. The number of carbonyl (C=O) groups is 1. The Hall–Kier alpha value is -0.690. The Morgan fingerprint density at radius 2 is 0.678 bits per heavy atom. The number of esters is 1. The van der Waals surface area contributed by atoms with Crippen molar-refractivity contribution in [2.45, 2.75) is 284 Å². The maximum absolute atomic E-state index is 12.8. The number of unbranched alkanes of at least 4 members (excludes halogenated alkanes) is 35. The Balaban J connectivity index is 4.47. The minimum atomic E-state index is -0.444. The van der Waals surface area contributed by atoms with Crippen LogP contribution in [0.4, 0.5) is 0 Å². The minimum absolute atomic E-state index is 0.0204. The molecule has 0 aliphatic rings. The number of hydrogen-bond acceptors (Lipinski definition) is 6. The Morgan fingerprint density at radius 1 is 0.407 bits per heavy atom. The highest BCUT2D eigenvalue weighted by molar-refractivity contribution is 5.69. The van der Waals surface area contributed by atoms with E-state index in [0.29, 0.717) is 26.1 Å². The fraction of sp³-hybridized carbons (Fsp3) is 0.981. The van der Waals surface area contributed by atoms with Crippen LogP contribution in [0.5, 0.6) is 0 Å². The van der Waals surface area contributed by atoms with Crippen molar-refractivity contribution in [2.75, 3.05) is 52.4 Å². The molecule has 0 radical (unpaired) electrons. The molecule has 0 aromatic rings. The summed E-state index contributed by atoms with van der Waals surface area (Å²) < 4.78 is 5.70. The fourth-order valence-electron chi connectivity index (χ4n) is 8.65. The van der Waals surface area contributed by atoms with Crippen LogP contribution in [-0.2, 0) is 9.53 Å². The summed E-state index contributed by atoms with van der Waals surface area (Å²) >= 11 is 0. The molecule has 354 valence electrons. The van der Waals surface area contributed by atoms with Crippen molar-refractivity contribution in [1.29, 1.82) is 0 Å². The lowest BCUT2D eigenvalue weighted by molar-refractivity contribution is -0.144. The van der Waals surface area contributed by atoms with E-state index in [1.54, 1.807) is 0 Å². The van der Waals surface area contributed by atoms with Gasteiger partial charge in [0, 0.05) is 19.6 Å². The number of rotatable bonds is 51. The molecule has 0 bridgehead atoms. The normalized spacial score (nSPS) is 12.3. The van der Waals surface area contributed by atoms with Gasteiger partial charge < -0.3 is 25.4 Å². The van der Waals surface area contributed by atoms with E-state index in [9.17, 15) is 9.90 Å². The van der Waals surface area contributed by atoms with Crippen molar-refractivity contribution in [2.24, 2.45) is 5.73 Å². The van der Waals surface area contributed by atoms with E-state index in [0.717, 1.165) is 52.0 Å². The molecule has 0 amide bonds. The van der Waals surface area contributed by atoms with Gasteiger partial charge in [-0.1, -0.05) is 239 Å². The van der Waals surface area contributed by atoms with E-state index in [1.807, 2.05) is 0 Å². The first kappa shape index (κ1) is 58.3. The Morgan fingerprint density at radius 3 is 1.00 bits per heavy atom. The van der Waals surface area contributed by atoms with E-state index in [2.05, 4.69) is 30.6 Å². The lowest BCUT2D eigenvalue weighted by Gasteiger charge is -2.26. The second kappa shape index (κ2) is 50.0. The third-order valence-corrected chi connectivity index (χ3v) is 12.7. The molecule has 0 saturated heterocycles. The van der Waals surface area contributed by atoms with E-state index in [-0.39, 0.29) is 5.97 Å². The molecule has 0 heterocycles. The number of nitrogens with two attached hydrogens (primary N) is 1. The van der Waals surface area contributed by atoms with Crippen LogP contribution in [-0.4, -0.2) is 79.4 Å². The van der Waals surface area contributed by atoms with Gasteiger partial charge in [-0.3, -0.25) is 4.79 Å². The highest BCUT2D eigenvalue weighted by Gasteiger charge is 2.13. The zero-order chi connectivity index (χ0) is 43.0. The smallest absolute Gasteiger partial charge is 0.307 e. The van der Waals surface area contributed by atoms with Crippen LogP contribution < -0.4 is 5.73 Å². The molecule has 0 spiro atoms. The third-order valence-electron chi connectivity index (χ3n) is 12.7. The van der Waals surface area contributed by atoms with Gasteiger partial charge in [0.1, 0.15) is 0 Å². The quantitative estimate of drug-likeness (QED) is 0.0469. The fourth-order valence-corrected chi connectivity index (χ4v) is 8.65. The summed E-state index contributed by atoms with van der Waals surface area (Å²) in [6, 6.07) is 0. The Kier molecular flexibility index (Phi) is 49.4. The van der Waals surface area contributed by atoms with E-state index >= 15 is 0 Å². The van der Waals surface area contributed by atoms with Gasteiger partial charge in [0.25, 0.3) is 0 Å². The zero-order valence-electron chi connectivity index (χ0n) is 40.8.